The lowest BCUT2D eigenvalue weighted by Crippen LogP contribution is -2.17. The standard InChI is InChI=1S/C11H11ClN2O2S/c12-6-8-17(15,16)14-11-5-7-13-10-4-2-1-3-9(10)11/h1-5,7H,6,8H2,(H,13,14). The number of sulfonamides is 1. The third-order valence-electron chi connectivity index (χ3n) is 2.26. The third-order valence-corrected chi connectivity index (χ3v) is 3.95. The van der Waals surface area contributed by atoms with Gasteiger partial charge in [0.1, 0.15) is 0 Å². The Hall–Kier alpha value is -1.33. The summed E-state index contributed by atoms with van der Waals surface area (Å²) < 4.78 is 25.8. The van der Waals surface area contributed by atoms with Gasteiger partial charge in [0.25, 0.3) is 0 Å². The molecule has 0 aliphatic carbocycles. The quantitative estimate of drug-likeness (QED) is 0.867. The maximum absolute atomic E-state index is 11.6. The van der Waals surface area contributed by atoms with Crippen LogP contribution in [-0.2, 0) is 10.0 Å². The van der Waals surface area contributed by atoms with Crippen LogP contribution < -0.4 is 4.72 Å². The molecule has 0 fully saturated rings. The van der Waals surface area contributed by atoms with Gasteiger partial charge in [0.05, 0.1) is 17.0 Å². The van der Waals surface area contributed by atoms with E-state index in [4.69, 9.17) is 11.6 Å². The van der Waals surface area contributed by atoms with E-state index in [0.29, 0.717) is 5.69 Å². The van der Waals surface area contributed by atoms with Crippen molar-refractivity contribution < 1.29 is 8.42 Å². The first-order valence-corrected chi connectivity index (χ1v) is 7.21. The molecule has 0 spiro atoms. The van der Waals surface area contributed by atoms with E-state index in [9.17, 15) is 8.42 Å². The highest BCUT2D eigenvalue weighted by Gasteiger charge is 2.11. The molecule has 0 aliphatic heterocycles. The average Bonchev–Trinajstić information content (AvgIpc) is 2.29. The number of pyridine rings is 1. The van der Waals surface area contributed by atoms with Crippen molar-refractivity contribution in [2.75, 3.05) is 16.4 Å². The van der Waals surface area contributed by atoms with Gasteiger partial charge in [0.2, 0.25) is 10.0 Å². The third kappa shape index (κ3) is 2.87. The van der Waals surface area contributed by atoms with Crippen LogP contribution in [0, 0.1) is 0 Å². The van der Waals surface area contributed by atoms with Crippen LogP contribution >= 0.6 is 11.6 Å². The highest BCUT2D eigenvalue weighted by Crippen LogP contribution is 2.21. The number of anilines is 1. The van der Waals surface area contributed by atoms with Crippen LogP contribution in [0.5, 0.6) is 0 Å². The zero-order chi connectivity index (χ0) is 12.3. The summed E-state index contributed by atoms with van der Waals surface area (Å²) in [5, 5.41) is 0.771. The van der Waals surface area contributed by atoms with E-state index >= 15 is 0 Å². The summed E-state index contributed by atoms with van der Waals surface area (Å²) in [6.07, 6.45) is 1.57. The molecule has 1 N–H and O–H groups in total. The Morgan fingerprint density at radius 2 is 2.00 bits per heavy atom. The number of halogens is 1. The van der Waals surface area contributed by atoms with E-state index in [1.54, 1.807) is 12.3 Å². The van der Waals surface area contributed by atoms with Crippen molar-refractivity contribution in [1.82, 2.24) is 4.98 Å². The van der Waals surface area contributed by atoms with Crippen LogP contribution in [-0.4, -0.2) is 25.0 Å². The average molecular weight is 271 g/mol. The summed E-state index contributed by atoms with van der Waals surface area (Å²) in [5.74, 6) is -0.0381. The smallest absolute Gasteiger partial charge is 0.233 e. The fourth-order valence-corrected chi connectivity index (χ4v) is 2.93. The molecule has 17 heavy (non-hydrogen) atoms. The second-order valence-corrected chi connectivity index (χ2v) is 5.71. The lowest BCUT2D eigenvalue weighted by atomic mass is 10.2. The number of hydrogen-bond donors (Lipinski definition) is 1. The number of fused-ring (bicyclic) bond motifs is 1. The molecule has 0 saturated heterocycles. The molecule has 6 heteroatoms. The predicted octanol–water partition coefficient (Wildman–Crippen LogP) is 2.22. The van der Waals surface area contributed by atoms with Crippen LogP contribution in [0.4, 0.5) is 5.69 Å². The van der Waals surface area contributed by atoms with Crippen LogP contribution in [0.3, 0.4) is 0 Å². The number of rotatable bonds is 4. The summed E-state index contributed by atoms with van der Waals surface area (Å²) >= 11 is 5.44. The van der Waals surface area contributed by atoms with Gasteiger partial charge in [-0.25, -0.2) is 8.42 Å². The largest absolute Gasteiger partial charge is 0.283 e. The first-order chi connectivity index (χ1) is 8.12. The molecular formula is C11H11ClN2O2S. The van der Waals surface area contributed by atoms with E-state index < -0.39 is 10.0 Å². The maximum atomic E-state index is 11.6. The van der Waals surface area contributed by atoms with Gasteiger partial charge in [-0.2, -0.15) is 0 Å². The van der Waals surface area contributed by atoms with E-state index in [2.05, 4.69) is 9.71 Å². The Kier molecular flexibility index (Phi) is 3.49. The Balaban J connectivity index is 2.43. The van der Waals surface area contributed by atoms with Crippen molar-refractivity contribution in [2.45, 2.75) is 0 Å². The summed E-state index contributed by atoms with van der Waals surface area (Å²) in [5.41, 5.74) is 1.28. The molecule has 0 aliphatic rings. The summed E-state index contributed by atoms with van der Waals surface area (Å²) in [7, 11) is -3.39. The fourth-order valence-electron chi connectivity index (χ4n) is 1.50. The maximum Gasteiger partial charge on any atom is 0.233 e. The molecule has 0 unspecified atom stereocenters. The lowest BCUT2D eigenvalue weighted by molar-refractivity contribution is 0.602. The molecule has 4 nitrogen and oxygen atoms in total. The number of nitrogens with one attached hydrogen (secondary N) is 1. The minimum atomic E-state index is -3.39. The van der Waals surface area contributed by atoms with Crippen molar-refractivity contribution >= 4 is 38.2 Å². The molecule has 0 bridgehead atoms. The summed E-state index contributed by atoms with van der Waals surface area (Å²) in [6.45, 7) is 0. The number of alkyl halides is 1. The van der Waals surface area contributed by atoms with Crippen molar-refractivity contribution in [3.8, 4) is 0 Å². The van der Waals surface area contributed by atoms with Gasteiger partial charge >= 0.3 is 0 Å². The van der Waals surface area contributed by atoms with Gasteiger partial charge in [-0.15, -0.1) is 11.6 Å². The molecule has 90 valence electrons. The van der Waals surface area contributed by atoms with Gasteiger partial charge in [-0.1, -0.05) is 18.2 Å². The molecule has 0 amide bonds. The zero-order valence-electron chi connectivity index (χ0n) is 8.93. The molecule has 0 atom stereocenters. The monoisotopic (exact) mass is 270 g/mol. The lowest BCUT2D eigenvalue weighted by Gasteiger charge is -2.08. The highest BCUT2D eigenvalue weighted by molar-refractivity contribution is 7.92. The Bertz CT molecular complexity index is 623. The Morgan fingerprint density at radius 1 is 1.24 bits per heavy atom. The number of benzene rings is 1. The van der Waals surface area contributed by atoms with Gasteiger partial charge < -0.3 is 0 Å². The first-order valence-electron chi connectivity index (χ1n) is 5.02. The highest BCUT2D eigenvalue weighted by atomic mass is 35.5. The second kappa shape index (κ2) is 4.89. The van der Waals surface area contributed by atoms with Crippen LogP contribution in [0.15, 0.2) is 36.5 Å². The Morgan fingerprint density at radius 3 is 2.76 bits per heavy atom. The van der Waals surface area contributed by atoms with Crippen molar-refractivity contribution in [3.63, 3.8) is 0 Å². The molecule has 2 aromatic rings. The fraction of sp³-hybridized carbons (Fsp3) is 0.182. The molecule has 2 rings (SSSR count). The van der Waals surface area contributed by atoms with Crippen LogP contribution in [0.1, 0.15) is 0 Å². The number of hydrogen-bond acceptors (Lipinski definition) is 3. The second-order valence-electron chi connectivity index (χ2n) is 3.49. The summed E-state index contributed by atoms with van der Waals surface area (Å²) in [6, 6.07) is 8.97. The van der Waals surface area contributed by atoms with Crippen molar-refractivity contribution in [1.29, 1.82) is 0 Å². The van der Waals surface area contributed by atoms with Gasteiger partial charge in [-0.05, 0) is 12.1 Å². The van der Waals surface area contributed by atoms with E-state index in [1.165, 1.54) is 0 Å². The van der Waals surface area contributed by atoms with Crippen molar-refractivity contribution in [3.05, 3.63) is 36.5 Å². The number of para-hydroxylation sites is 1. The number of nitrogens with zero attached hydrogens (tertiary/aromatic N) is 1. The molecule has 0 saturated carbocycles. The first kappa shape index (κ1) is 12.1. The summed E-state index contributed by atoms with van der Waals surface area (Å²) in [4.78, 5) is 4.16. The van der Waals surface area contributed by atoms with Gasteiger partial charge in [0.15, 0.2) is 0 Å². The molecule has 1 aromatic heterocycles. The predicted molar refractivity (Wildman–Crippen MR) is 69.9 cm³/mol. The number of aromatic nitrogens is 1. The van der Waals surface area contributed by atoms with E-state index in [0.717, 1.165) is 10.9 Å². The zero-order valence-corrected chi connectivity index (χ0v) is 10.5. The van der Waals surface area contributed by atoms with E-state index in [-0.39, 0.29) is 11.6 Å². The normalized spacial score (nSPS) is 11.6. The van der Waals surface area contributed by atoms with Gasteiger partial charge in [0, 0.05) is 17.5 Å². The van der Waals surface area contributed by atoms with Crippen LogP contribution in [0.25, 0.3) is 10.9 Å². The minimum absolute atomic E-state index is 0.0678. The minimum Gasteiger partial charge on any atom is -0.283 e. The Labute approximate surface area is 105 Å². The topological polar surface area (TPSA) is 59.1 Å². The molecule has 0 radical (unpaired) electrons. The molecular weight excluding hydrogens is 260 g/mol. The molecule has 1 heterocycles. The van der Waals surface area contributed by atoms with Crippen molar-refractivity contribution in [2.24, 2.45) is 0 Å². The van der Waals surface area contributed by atoms with Crippen LogP contribution in [0.2, 0.25) is 0 Å². The van der Waals surface area contributed by atoms with E-state index in [1.807, 2.05) is 24.3 Å². The SMILES string of the molecule is O=S(=O)(CCCl)Nc1ccnc2ccccc12. The van der Waals surface area contributed by atoms with Gasteiger partial charge in [-0.3, -0.25) is 9.71 Å². The molecule has 1 aromatic carbocycles.